The summed E-state index contributed by atoms with van der Waals surface area (Å²) >= 11 is 0. The number of anilines is 1. The first-order valence-corrected chi connectivity index (χ1v) is 6.66. The van der Waals surface area contributed by atoms with E-state index in [4.69, 9.17) is 0 Å². The standard InChI is InChI=1S/C16H16FN3O2/c1-11(12-2-8-15(21)9-3-12)19-20-16(22)10-18-14-6-4-13(17)5-7-14/h2-9,18,21H,10H2,1H3,(H,20,22)/b19-11-. The third-order valence-corrected chi connectivity index (χ3v) is 2.93. The number of hydrazone groups is 1. The highest BCUT2D eigenvalue weighted by Gasteiger charge is 2.02. The number of aromatic hydroxyl groups is 1. The molecule has 0 bridgehead atoms. The number of phenolic OH excluding ortho intramolecular Hbond substituents is 1. The van der Waals surface area contributed by atoms with Crippen LogP contribution >= 0.6 is 0 Å². The van der Waals surface area contributed by atoms with Gasteiger partial charge in [-0.3, -0.25) is 4.79 Å². The van der Waals surface area contributed by atoms with E-state index in [1.54, 1.807) is 43.3 Å². The predicted octanol–water partition coefficient (Wildman–Crippen LogP) is 2.48. The fourth-order valence-electron chi connectivity index (χ4n) is 1.70. The molecule has 0 saturated heterocycles. The summed E-state index contributed by atoms with van der Waals surface area (Å²) in [6.45, 7) is 1.78. The highest BCUT2D eigenvalue weighted by Crippen LogP contribution is 2.10. The van der Waals surface area contributed by atoms with E-state index in [-0.39, 0.29) is 24.0 Å². The molecule has 0 fully saturated rings. The molecule has 22 heavy (non-hydrogen) atoms. The first-order chi connectivity index (χ1) is 10.5. The number of hydrogen-bond acceptors (Lipinski definition) is 4. The SMILES string of the molecule is C/C(=N/NC(=O)CNc1ccc(F)cc1)c1ccc(O)cc1. The van der Waals surface area contributed by atoms with Gasteiger partial charge in [-0.1, -0.05) is 0 Å². The molecule has 0 aliphatic heterocycles. The second-order valence-electron chi connectivity index (χ2n) is 4.64. The van der Waals surface area contributed by atoms with Gasteiger partial charge in [0.25, 0.3) is 5.91 Å². The minimum Gasteiger partial charge on any atom is -0.508 e. The van der Waals surface area contributed by atoms with Crippen LogP contribution in [0.4, 0.5) is 10.1 Å². The number of hydrogen-bond donors (Lipinski definition) is 3. The Morgan fingerprint density at radius 2 is 1.77 bits per heavy atom. The van der Waals surface area contributed by atoms with Gasteiger partial charge in [0, 0.05) is 5.69 Å². The minimum atomic E-state index is -0.330. The van der Waals surface area contributed by atoms with Crippen LogP contribution in [0.5, 0.6) is 5.75 Å². The topological polar surface area (TPSA) is 73.7 Å². The van der Waals surface area contributed by atoms with Crippen molar-refractivity contribution < 1.29 is 14.3 Å². The molecule has 0 aliphatic carbocycles. The third-order valence-electron chi connectivity index (χ3n) is 2.93. The van der Waals surface area contributed by atoms with Gasteiger partial charge in [0.1, 0.15) is 11.6 Å². The molecule has 2 rings (SSSR count). The maximum Gasteiger partial charge on any atom is 0.259 e. The predicted molar refractivity (Wildman–Crippen MR) is 83.4 cm³/mol. The van der Waals surface area contributed by atoms with Crippen molar-refractivity contribution in [1.29, 1.82) is 0 Å². The minimum absolute atomic E-state index is 0.0258. The smallest absolute Gasteiger partial charge is 0.259 e. The molecule has 1 amide bonds. The Bertz CT molecular complexity index is 667. The van der Waals surface area contributed by atoms with E-state index < -0.39 is 0 Å². The normalized spacial score (nSPS) is 11.1. The van der Waals surface area contributed by atoms with E-state index in [1.165, 1.54) is 12.1 Å². The summed E-state index contributed by atoms with van der Waals surface area (Å²) in [5.41, 5.74) is 4.49. The molecule has 0 saturated carbocycles. The number of phenols is 1. The summed E-state index contributed by atoms with van der Waals surface area (Å²) < 4.78 is 12.7. The van der Waals surface area contributed by atoms with Crippen LogP contribution in [0.25, 0.3) is 0 Å². The van der Waals surface area contributed by atoms with Crippen molar-refractivity contribution in [2.45, 2.75) is 6.92 Å². The zero-order chi connectivity index (χ0) is 15.9. The Morgan fingerprint density at radius 3 is 2.41 bits per heavy atom. The van der Waals surface area contributed by atoms with Crippen LogP contribution in [0.3, 0.4) is 0 Å². The molecule has 0 heterocycles. The fraction of sp³-hybridized carbons (Fsp3) is 0.125. The Hall–Kier alpha value is -2.89. The molecule has 0 atom stereocenters. The van der Waals surface area contributed by atoms with Gasteiger partial charge in [-0.15, -0.1) is 0 Å². The molecule has 0 radical (unpaired) electrons. The van der Waals surface area contributed by atoms with Gasteiger partial charge in [0.05, 0.1) is 12.3 Å². The molecule has 5 nitrogen and oxygen atoms in total. The maximum atomic E-state index is 12.7. The summed E-state index contributed by atoms with van der Waals surface area (Å²) in [5.74, 6) is -0.476. The van der Waals surface area contributed by atoms with Gasteiger partial charge in [0.15, 0.2) is 0 Å². The molecule has 2 aromatic rings. The molecule has 0 unspecified atom stereocenters. The number of halogens is 1. The Labute approximate surface area is 127 Å². The van der Waals surface area contributed by atoms with Crippen molar-refractivity contribution in [2.24, 2.45) is 5.10 Å². The van der Waals surface area contributed by atoms with Crippen molar-refractivity contribution >= 4 is 17.3 Å². The van der Waals surface area contributed by atoms with Crippen LogP contribution in [-0.4, -0.2) is 23.3 Å². The van der Waals surface area contributed by atoms with Crippen molar-refractivity contribution in [2.75, 3.05) is 11.9 Å². The van der Waals surface area contributed by atoms with E-state index >= 15 is 0 Å². The molecule has 0 spiro atoms. The zero-order valence-electron chi connectivity index (χ0n) is 12.0. The average Bonchev–Trinajstić information content (AvgIpc) is 2.52. The second kappa shape index (κ2) is 7.21. The number of benzene rings is 2. The summed E-state index contributed by atoms with van der Waals surface area (Å²) in [6, 6.07) is 12.2. The molecule has 114 valence electrons. The van der Waals surface area contributed by atoms with Crippen LogP contribution in [0.2, 0.25) is 0 Å². The molecule has 6 heteroatoms. The molecule has 2 aromatic carbocycles. The average molecular weight is 301 g/mol. The van der Waals surface area contributed by atoms with Gasteiger partial charge in [0.2, 0.25) is 0 Å². The number of nitrogens with one attached hydrogen (secondary N) is 2. The van der Waals surface area contributed by atoms with Crippen molar-refractivity contribution in [3.05, 3.63) is 59.9 Å². The summed E-state index contributed by atoms with van der Waals surface area (Å²) in [5, 5.41) is 16.1. The molecule has 0 aromatic heterocycles. The summed E-state index contributed by atoms with van der Waals surface area (Å²) in [4.78, 5) is 11.7. The highest BCUT2D eigenvalue weighted by atomic mass is 19.1. The lowest BCUT2D eigenvalue weighted by Crippen LogP contribution is -2.26. The Kier molecular flexibility index (Phi) is 5.08. The summed E-state index contributed by atoms with van der Waals surface area (Å²) in [6.07, 6.45) is 0. The number of rotatable bonds is 5. The van der Waals surface area contributed by atoms with Crippen LogP contribution in [0.1, 0.15) is 12.5 Å². The Morgan fingerprint density at radius 1 is 1.14 bits per heavy atom. The van der Waals surface area contributed by atoms with Crippen molar-refractivity contribution in [3.63, 3.8) is 0 Å². The van der Waals surface area contributed by atoms with E-state index in [1.807, 2.05) is 0 Å². The molecular formula is C16H16FN3O2. The lowest BCUT2D eigenvalue weighted by molar-refractivity contribution is -0.119. The van der Waals surface area contributed by atoms with Crippen molar-refractivity contribution in [1.82, 2.24) is 5.43 Å². The lowest BCUT2D eigenvalue weighted by atomic mass is 10.1. The summed E-state index contributed by atoms with van der Waals surface area (Å²) in [7, 11) is 0. The number of amides is 1. The quantitative estimate of drug-likeness (QED) is 0.587. The van der Waals surface area contributed by atoms with Crippen LogP contribution in [0, 0.1) is 5.82 Å². The van der Waals surface area contributed by atoms with Crippen LogP contribution in [0.15, 0.2) is 53.6 Å². The van der Waals surface area contributed by atoms with Gasteiger partial charge in [-0.05, 0) is 61.0 Å². The molecular weight excluding hydrogens is 285 g/mol. The van der Waals surface area contributed by atoms with Gasteiger partial charge in [-0.25, -0.2) is 9.82 Å². The third kappa shape index (κ3) is 4.59. The zero-order valence-corrected chi connectivity index (χ0v) is 12.0. The van der Waals surface area contributed by atoms with Crippen LogP contribution < -0.4 is 10.7 Å². The van der Waals surface area contributed by atoms with Gasteiger partial charge < -0.3 is 10.4 Å². The van der Waals surface area contributed by atoms with E-state index in [9.17, 15) is 14.3 Å². The Balaban J connectivity index is 1.85. The fourth-order valence-corrected chi connectivity index (χ4v) is 1.70. The second-order valence-corrected chi connectivity index (χ2v) is 4.64. The van der Waals surface area contributed by atoms with Crippen molar-refractivity contribution in [3.8, 4) is 5.75 Å². The van der Waals surface area contributed by atoms with E-state index in [2.05, 4.69) is 15.8 Å². The van der Waals surface area contributed by atoms with Gasteiger partial charge >= 0.3 is 0 Å². The van der Waals surface area contributed by atoms with Crippen LogP contribution in [-0.2, 0) is 4.79 Å². The first-order valence-electron chi connectivity index (χ1n) is 6.66. The highest BCUT2D eigenvalue weighted by molar-refractivity contribution is 5.99. The lowest BCUT2D eigenvalue weighted by Gasteiger charge is -2.06. The molecule has 0 aliphatic rings. The van der Waals surface area contributed by atoms with E-state index in [0.717, 1.165) is 5.56 Å². The maximum absolute atomic E-state index is 12.7. The van der Waals surface area contributed by atoms with Gasteiger partial charge in [-0.2, -0.15) is 5.10 Å². The number of carbonyl (C=O) groups is 1. The van der Waals surface area contributed by atoms with E-state index in [0.29, 0.717) is 11.4 Å². The first kappa shape index (κ1) is 15.5. The monoisotopic (exact) mass is 301 g/mol. The number of nitrogens with zero attached hydrogens (tertiary/aromatic N) is 1. The number of carbonyl (C=O) groups excluding carboxylic acids is 1. The molecule has 3 N–H and O–H groups in total. The largest absolute Gasteiger partial charge is 0.508 e.